The van der Waals surface area contributed by atoms with Crippen LogP contribution in [0.4, 0.5) is 0 Å². The van der Waals surface area contributed by atoms with Gasteiger partial charge in [0.25, 0.3) is 5.56 Å². The predicted molar refractivity (Wildman–Crippen MR) is 102 cm³/mol. The number of fused-ring (bicyclic) bond motifs is 2. The van der Waals surface area contributed by atoms with Crippen molar-refractivity contribution in [2.75, 3.05) is 0 Å². The van der Waals surface area contributed by atoms with Gasteiger partial charge in [-0.15, -0.1) is 0 Å². The van der Waals surface area contributed by atoms with Crippen LogP contribution in [0.5, 0.6) is 0 Å². The van der Waals surface area contributed by atoms with Gasteiger partial charge in [0, 0.05) is 26.5 Å². The maximum Gasteiger partial charge on any atom is 0.332 e. The van der Waals surface area contributed by atoms with E-state index in [4.69, 9.17) is 9.66 Å². The van der Waals surface area contributed by atoms with Crippen LogP contribution in [-0.2, 0) is 36.9 Å². The van der Waals surface area contributed by atoms with Gasteiger partial charge >= 0.3 is 5.69 Å². The van der Waals surface area contributed by atoms with Gasteiger partial charge in [-0.25, -0.2) is 23.3 Å². The lowest BCUT2D eigenvalue weighted by molar-refractivity contribution is 0.448. The van der Waals surface area contributed by atoms with Gasteiger partial charge in [-0.1, -0.05) is 17.3 Å². The summed E-state index contributed by atoms with van der Waals surface area (Å²) in [5.74, 6) is -0.302. The largest absolute Gasteiger partial charge is 0.356 e. The Kier molecular flexibility index (Phi) is 4.91. The number of aromatic nitrogens is 5. The number of primary sulfonamides is 1. The van der Waals surface area contributed by atoms with Crippen molar-refractivity contribution >= 4 is 32.2 Å². The van der Waals surface area contributed by atoms with Crippen LogP contribution in [0.2, 0.25) is 0 Å². The molecule has 2 N–H and O–H groups in total. The fourth-order valence-electron chi connectivity index (χ4n) is 2.70. The Balaban J connectivity index is 0.000000161. The van der Waals surface area contributed by atoms with Crippen LogP contribution in [0, 0.1) is 0 Å². The first-order valence-corrected chi connectivity index (χ1v) is 9.72. The summed E-state index contributed by atoms with van der Waals surface area (Å²) in [6, 6.07) is 7.03. The molecule has 4 rings (SSSR count). The van der Waals surface area contributed by atoms with E-state index in [1.54, 1.807) is 42.9 Å². The monoisotopic (exact) mass is 406 g/mol. The number of aryl methyl sites for hydroxylation is 2. The van der Waals surface area contributed by atoms with E-state index >= 15 is 0 Å². The second-order valence-electron chi connectivity index (χ2n) is 6.17. The van der Waals surface area contributed by atoms with Crippen LogP contribution in [-0.4, -0.2) is 32.3 Å². The van der Waals surface area contributed by atoms with Crippen molar-refractivity contribution in [3.8, 4) is 0 Å². The Bertz CT molecular complexity index is 1390. The topological polar surface area (TPSA) is 148 Å². The van der Waals surface area contributed by atoms with Crippen molar-refractivity contribution in [1.82, 2.24) is 23.8 Å². The van der Waals surface area contributed by atoms with Gasteiger partial charge in [0.1, 0.15) is 11.4 Å². The molecule has 0 amide bonds. The molecule has 1 aromatic carbocycles. The fraction of sp³-hybridized carbons (Fsp3) is 0.250. The summed E-state index contributed by atoms with van der Waals surface area (Å²) in [5, 5.41) is 9.24. The van der Waals surface area contributed by atoms with E-state index in [1.165, 1.54) is 17.9 Å². The van der Waals surface area contributed by atoms with Crippen molar-refractivity contribution < 1.29 is 12.9 Å². The highest BCUT2D eigenvalue weighted by molar-refractivity contribution is 7.88. The zero-order valence-corrected chi connectivity index (χ0v) is 16.2. The van der Waals surface area contributed by atoms with Crippen molar-refractivity contribution in [3.63, 3.8) is 0 Å². The Labute approximate surface area is 158 Å². The highest BCUT2D eigenvalue weighted by atomic mass is 32.2. The third-order valence-electron chi connectivity index (χ3n) is 4.11. The lowest BCUT2D eigenvalue weighted by atomic mass is 10.2. The number of rotatable bonds is 2. The number of hydrogen-bond donors (Lipinski definition) is 1. The van der Waals surface area contributed by atoms with Gasteiger partial charge in [0.05, 0.1) is 6.33 Å². The molecule has 12 heteroatoms. The second-order valence-corrected chi connectivity index (χ2v) is 7.78. The number of benzene rings is 1. The molecule has 0 atom stereocenters. The van der Waals surface area contributed by atoms with Crippen molar-refractivity contribution in [3.05, 3.63) is 57.1 Å². The first kappa shape index (κ1) is 19.5. The summed E-state index contributed by atoms with van der Waals surface area (Å²) >= 11 is 0. The number of sulfonamides is 1. The van der Waals surface area contributed by atoms with Gasteiger partial charge < -0.3 is 9.09 Å². The van der Waals surface area contributed by atoms with Crippen LogP contribution in [0.15, 0.2) is 44.7 Å². The van der Waals surface area contributed by atoms with E-state index in [0.29, 0.717) is 27.8 Å². The molecule has 0 saturated heterocycles. The molecule has 0 spiro atoms. The Morgan fingerprint density at radius 3 is 2.46 bits per heavy atom. The molecule has 0 saturated carbocycles. The molecule has 0 unspecified atom stereocenters. The molecule has 0 aliphatic rings. The molecule has 3 aromatic heterocycles. The number of nitrogens with zero attached hydrogens (tertiary/aromatic N) is 5. The zero-order valence-electron chi connectivity index (χ0n) is 15.4. The van der Waals surface area contributed by atoms with E-state index in [-0.39, 0.29) is 17.0 Å². The third-order valence-corrected chi connectivity index (χ3v) is 4.78. The number of imidazole rings is 1. The summed E-state index contributed by atoms with van der Waals surface area (Å²) in [6.07, 6.45) is 1.52. The molecule has 0 fully saturated rings. The average molecular weight is 406 g/mol. The molecular formula is C16H18N6O5S. The molecule has 11 nitrogen and oxygen atoms in total. The highest BCUT2D eigenvalue weighted by Gasteiger charge is 2.13. The molecular weight excluding hydrogens is 388 g/mol. The molecule has 0 radical (unpaired) electrons. The Morgan fingerprint density at radius 1 is 1.11 bits per heavy atom. The number of nitrogens with two attached hydrogens (primary N) is 1. The first-order chi connectivity index (χ1) is 13.1. The van der Waals surface area contributed by atoms with Crippen LogP contribution >= 0.6 is 0 Å². The maximum absolute atomic E-state index is 11.7. The van der Waals surface area contributed by atoms with E-state index in [0.717, 1.165) is 4.57 Å². The molecule has 0 aliphatic carbocycles. The number of hydrogen-bond acceptors (Lipinski definition) is 7. The molecule has 4 aromatic rings. The Morgan fingerprint density at radius 2 is 1.79 bits per heavy atom. The van der Waals surface area contributed by atoms with E-state index in [9.17, 15) is 18.0 Å². The van der Waals surface area contributed by atoms with Gasteiger partial charge in [-0.3, -0.25) is 13.9 Å². The van der Waals surface area contributed by atoms with E-state index in [2.05, 4.69) is 10.1 Å². The van der Waals surface area contributed by atoms with Crippen molar-refractivity contribution in [2.24, 2.45) is 26.3 Å². The standard InChI is InChI=1S/C8H10N4O2.C8H8N2O3S/c1-10-4-9-6-5(10)7(13)12(3)8(14)11(6)2;9-14(11,12)5-7-6-3-1-2-4-8(6)13-10-7/h4H,1-3H3;1-4H,5H2,(H2,9,11,12). The van der Waals surface area contributed by atoms with E-state index < -0.39 is 10.0 Å². The third kappa shape index (κ3) is 3.59. The molecule has 0 bridgehead atoms. The smallest absolute Gasteiger partial charge is 0.332 e. The summed E-state index contributed by atoms with van der Waals surface area (Å²) in [4.78, 5) is 27.2. The summed E-state index contributed by atoms with van der Waals surface area (Å²) < 4.78 is 30.6. The van der Waals surface area contributed by atoms with Gasteiger partial charge in [-0.05, 0) is 12.1 Å². The summed E-state index contributed by atoms with van der Waals surface area (Å²) in [6.45, 7) is 0. The minimum absolute atomic E-state index is 0.302. The van der Waals surface area contributed by atoms with Crippen LogP contribution in [0.3, 0.4) is 0 Å². The van der Waals surface area contributed by atoms with E-state index in [1.807, 2.05) is 0 Å². The highest BCUT2D eigenvalue weighted by Crippen LogP contribution is 2.18. The van der Waals surface area contributed by atoms with Crippen LogP contribution in [0.1, 0.15) is 5.69 Å². The predicted octanol–water partition coefficient (Wildman–Crippen LogP) is -0.413. The lowest BCUT2D eigenvalue weighted by Crippen LogP contribution is -2.37. The normalized spacial score (nSPS) is 11.6. The second kappa shape index (κ2) is 7.05. The quantitative estimate of drug-likeness (QED) is 0.475. The molecule has 28 heavy (non-hydrogen) atoms. The van der Waals surface area contributed by atoms with Gasteiger partial charge in [-0.2, -0.15) is 0 Å². The minimum Gasteiger partial charge on any atom is -0.356 e. The summed E-state index contributed by atoms with van der Waals surface area (Å²) in [7, 11) is 1.21. The van der Waals surface area contributed by atoms with Gasteiger partial charge in [0.15, 0.2) is 16.7 Å². The average Bonchev–Trinajstić information content (AvgIpc) is 3.21. The molecule has 148 valence electrons. The van der Waals surface area contributed by atoms with Crippen molar-refractivity contribution in [1.29, 1.82) is 0 Å². The van der Waals surface area contributed by atoms with Crippen LogP contribution < -0.4 is 16.4 Å². The Hall–Kier alpha value is -3.25. The van der Waals surface area contributed by atoms with Crippen molar-refractivity contribution in [2.45, 2.75) is 5.75 Å². The van der Waals surface area contributed by atoms with Crippen LogP contribution in [0.25, 0.3) is 22.1 Å². The minimum atomic E-state index is -3.56. The maximum atomic E-state index is 11.7. The van der Waals surface area contributed by atoms with Gasteiger partial charge in [0.2, 0.25) is 10.0 Å². The zero-order chi connectivity index (χ0) is 20.6. The first-order valence-electron chi connectivity index (χ1n) is 8.01. The molecule has 3 heterocycles. The fourth-order valence-corrected chi connectivity index (χ4v) is 3.29. The lowest BCUT2D eigenvalue weighted by Gasteiger charge is -2.02. The summed E-state index contributed by atoms with van der Waals surface area (Å²) in [5.41, 5.74) is 1.09. The number of para-hydroxylation sites is 1. The molecule has 0 aliphatic heterocycles. The SMILES string of the molecule is Cn1c(=O)c2c(ncn2C)n(C)c1=O.NS(=O)(=O)Cc1noc2ccccc12.